The minimum Gasteiger partial charge on any atom is -0.315 e. The quantitative estimate of drug-likeness (QED) is 0.242. The highest BCUT2D eigenvalue weighted by Crippen LogP contribution is 1.85. The first kappa shape index (κ1) is 9.26. The molecular formula is C2H4O8. The van der Waals surface area contributed by atoms with E-state index in [9.17, 15) is 0 Å². The van der Waals surface area contributed by atoms with Gasteiger partial charge in [0.05, 0.1) is 0 Å². The predicted octanol–water partition coefficient (Wildman–Crippen LogP) is 0.209. The van der Waals surface area contributed by atoms with Gasteiger partial charge in [-0.3, -0.25) is 0 Å². The second kappa shape index (κ2) is 8.26. The predicted molar refractivity (Wildman–Crippen MR) is 20.4 cm³/mol. The van der Waals surface area contributed by atoms with E-state index < -0.39 is 0 Å². The summed E-state index contributed by atoms with van der Waals surface area (Å²) in [4.78, 5) is 3.89. The first-order chi connectivity index (χ1) is 4.91. The fraction of sp³-hybridized carbons (Fsp3) is 0. The van der Waals surface area contributed by atoms with E-state index in [1.165, 1.54) is 0 Å². The fourth-order valence-corrected chi connectivity index (χ4v) is 0.0903. The van der Waals surface area contributed by atoms with Crippen LogP contribution < -0.4 is 0 Å². The van der Waals surface area contributed by atoms with Crippen molar-refractivity contribution in [3.63, 3.8) is 0 Å². The minimum absolute atomic E-state index is 0.909. The van der Waals surface area contributed by atoms with Gasteiger partial charge in [-0.05, 0) is 15.1 Å². The fourth-order valence-electron chi connectivity index (χ4n) is 0.0903. The van der Waals surface area contributed by atoms with Crippen LogP contribution in [0, 0.1) is 0 Å². The van der Waals surface area contributed by atoms with Gasteiger partial charge in [-0.2, -0.15) is 0 Å². The van der Waals surface area contributed by atoms with Crippen LogP contribution in [-0.4, -0.2) is 5.26 Å². The van der Waals surface area contributed by atoms with E-state index in [-0.39, 0.29) is 0 Å². The zero-order valence-corrected chi connectivity index (χ0v) is 4.59. The van der Waals surface area contributed by atoms with Gasteiger partial charge in [-0.1, -0.05) is 6.58 Å². The molecule has 8 nitrogen and oxygen atoms in total. The molecule has 0 radical (unpaired) electrons. The third-order valence-electron chi connectivity index (χ3n) is 0.249. The molecule has 0 unspecified atom stereocenters. The first-order valence-corrected chi connectivity index (χ1v) is 1.83. The highest BCUT2D eigenvalue weighted by Gasteiger charge is 1.89. The van der Waals surface area contributed by atoms with Gasteiger partial charge in [0.1, 0.15) is 6.26 Å². The Morgan fingerprint density at radius 1 is 1.00 bits per heavy atom. The molecule has 0 saturated heterocycles. The van der Waals surface area contributed by atoms with Gasteiger partial charge in [-0.15, -0.1) is 0 Å². The Bertz CT molecular complexity index is 71.7. The van der Waals surface area contributed by atoms with Crippen molar-refractivity contribution in [2.45, 2.75) is 0 Å². The third-order valence-corrected chi connectivity index (χ3v) is 0.249. The summed E-state index contributed by atoms with van der Waals surface area (Å²) in [7, 11) is 0. The molecule has 0 aromatic rings. The number of hydrogen-bond acceptors (Lipinski definition) is 8. The summed E-state index contributed by atoms with van der Waals surface area (Å²) in [5.41, 5.74) is 0. The standard InChI is InChI=1S/C2H4O8/c1-2-4-6-8-10-9-7-5-3/h2-3H,1H2. The van der Waals surface area contributed by atoms with Crippen molar-refractivity contribution in [3.05, 3.63) is 12.8 Å². The lowest BCUT2D eigenvalue weighted by Crippen LogP contribution is -1.97. The highest BCUT2D eigenvalue weighted by molar-refractivity contribution is 4.41. The van der Waals surface area contributed by atoms with Gasteiger partial charge in [0, 0.05) is 15.1 Å². The highest BCUT2D eigenvalue weighted by atomic mass is 17.9. The monoisotopic (exact) mass is 156 g/mol. The molecule has 60 valence electrons. The van der Waals surface area contributed by atoms with Crippen LogP contribution >= 0.6 is 0 Å². The summed E-state index contributed by atoms with van der Waals surface area (Å²) < 4.78 is 0. The summed E-state index contributed by atoms with van der Waals surface area (Å²) in [6, 6.07) is 0. The maximum Gasteiger partial charge on any atom is 0.125 e. The molecule has 0 bridgehead atoms. The normalized spacial score (nSPS) is 9.30. The van der Waals surface area contributed by atoms with Gasteiger partial charge in [-0.25, -0.2) is 5.26 Å². The molecule has 0 aromatic carbocycles. The van der Waals surface area contributed by atoms with Crippen LogP contribution in [0.4, 0.5) is 0 Å². The number of rotatable bonds is 7. The molecule has 0 aliphatic rings. The Hall–Kier alpha value is -0.740. The molecule has 0 aromatic heterocycles. The molecule has 0 amide bonds. The minimum atomic E-state index is 0.909. The molecule has 10 heavy (non-hydrogen) atoms. The van der Waals surface area contributed by atoms with Gasteiger partial charge >= 0.3 is 0 Å². The van der Waals surface area contributed by atoms with Crippen molar-refractivity contribution in [2.75, 3.05) is 0 Å². The molecule has 0 saturated carbocycles. The molecule has 0 spiro atoms. The van der Waals surface area contributed by atoms with Crippen LogP contribution in [-0.2, 0) is 35.1 Å². The Morgan fingerprint density at radius 2 is 1.60 bits per heavy atom. The lowest BCUT2D eigenvalue weighted by Gasteiger charge is -1.94. The Labute approximate surface area is 54.5 Å². The average Bonchev–Trinajstić information content (AvgIpc) is 1.97. The number of hydrogen-bond donors (Lipinski definition) is 1. The molecule has 1 N–H and O–H groups in total. The Morgan fingerprint density at radius 3 is 2.20 bits per heavy atom. The maximum absolute atomic E-state index is 7.40. The van der Waals surface area contributed by atoms with Crippen LogP contribution in [0.15, 0.2) is 12.8 Å². The van der Waals surface area contributed by atoms with Gasteiger partial charge in [0.2, 0.25) is 0 Å². The second-order valence-electron chi connectivity index (χ2n) is 0.678. The van der Waals surface area contributed by atoms with E-state index in [4.69, 9.17) is 5.26 Å². The van der Waals surface area contributed by atoms with Gasteiger partial charge in [0.15, 0.2) is 0 Å². The first-order valence-electron chi connectivity index (χ1n) is 1.83. The van der Waals surface area contributed by atoms with Crippen LogP contribution in [0.25, 0.3) is 0 Å². The molecule has 0 fully saturated rings. The SMILES string of the molecule is C=COOOOOOOO. The van der Waals surface area contributed by atoms with Crippen molar-refractivity contribution < 1.29 is 40.4 Å². The lowest BCUT2D eigenvalue weighted by atomic mass is 11.2. The Kier molecular flexibility index (Phi) is 7.65. The van der Waals surface area contributed by atoms with Crippen LogP contribution in [0.2, 0.25) is 0 Å². The van der Waals surface area contributed by atoms with E-state index in [1.54, 1.807) is 0 Å². The molecular weight excluding hydrogens is 152 g/mol. The van der Waals surface area contributed by atoms with Crippen molar-refractivity contribution >= 4 is 0 Å². The summed E-state index contributed by atoms with van der Waals surface area (Å²) in [6.07, 6.45) is 0.909. The van der Waals surface area contributed by atoms with Crippen molar-refractivity contribution in [2.24, 2.45) is 0 Å². The molecule has 8 heteroatoms. The van der Waals surface area contributed by atoms with Gasteiger partial charge in [0.25, 0.3) is 0 Å². The lowest BCUT2D eigenvalue weighted by molar-refractivity contribution is -0.809. The Balaban J connectivity index is 2.70. The summed E-state index contributed by atoms with van der Waals surface area (Å²) in [5.74, 6) is 0. The molecule has 0 heterocycles. The summed E-state index contributed by atoms with van der Waals surface area (Å²) >= 11 is 0. The molecule has 0 aliphatic heterocycles. The van der Waals surface area contributed by atoms with Crippen molar-refractivity contribution in [3.8, 4) is 0 Å². The van der Waals surface area contributed by atoms with E-state index in [1.807, 2.05) is 0 Å². The van der Waals surface area contributed by atoms with Gasteiger partial charge < -0.3 is 4.89 Å². The largest absolute Gasteiger partial charge is 0.315 e. The van der Waals surface area contributed by atoms with Crippen LogP contribution in [0.3, 0.4) is 0 Å². The average molecular weight is 156 g/mol. The summed E-state index contributed by atoms with van der Waals surface area (Å²) in [6.45, 7) is 3.08. The third kappa shape index (κ3) is 7.26. The van der Waals surface area contributed by atoms with E-state index in [0.717, 1.165) is 6.26 Å². The second-order valence-corrected chi connectivity index (χ2v) is 0.678. The van der Waals surface area contributed by atoms with E-state index in [0.29, 0.717) is 0 Å². The molecule has 0 aliphatic carbocycles. The summed E-state index contributed by atoms with van der Waals surface area (Å²) in [5, 5.41) is 27.6. The van der Waals surface area contributed by atoms with E-state index in [2.05, 4.69) is 41.7 Å². The topological polar surface area (TPSA) is 84.8 Å². The zero-order valence-electron chi connectivity index (χ0n) is 4.59. The molecule has 0 atom stereocenters. The van der Waals surface area contributed by atoms with E-state index >= 15 is 0 Å². The van der Waals surface area contributed by atoms with Crippen molar-refractivity contribution in [1.29, 1.82) is 0 Å². The van der Waals surface area contributed by atoms with Crippen molar-refractivity contribution in [1.82, 2.24) is 0 Å². The van der Waals surface area contributed by atoms with Crippen LogP contribution in [0.5, 0.6) is 0 Å². The van der Waals surface area contributed by atoms with Crippen LogP contribution in [0.1, 0.15) is 0 Å². The molecule has 0 rings (SSSR count). The maximum atomic E-state index is 7.40. The zero-order chi connectivity index (χ0) is 7.66. The smallest absolute Gasteiger partial charge is 0.125 e.